The lowest BCUT2D eigenvalue weighted by atomic mass is 9.88. The molecule has 0 unspecified atom stereocenters. The molecule has 0 radical (unpaired) electrons. The Labute approximate surface area is 133 Å². The molecule has 1 aliphatic rings. The highest BCUT2D eigenvalue weighted by atomic mass is 16.1. The standard InChI is InChI=1S/C19H27NO2/c1-4-18(22)20-12-6-7-17(21)15-8-9-16(14(3)13-15)19(5-2)10-11-19/h8-9,13H,4-7,10-12H2,1-3H3,(H,20,22). The molecule has 0 heterocycles. The molecule has 1 fully saturated rings. The molecule has 1 amide bonds. The topological polar surface area (TPSA) is 46.2 Å². The van der Waals surface area contributed by atoms with Crippen LogP contribution in [0, 0.1) is 6.92 Å². The molecule has 0 aliphatic heterocycles. The van der Waals surface area contributed by atoms with Crippen molar-refractivity contribution < 1.29 is 9.59 Å². The molecule has 0 spiro atoms. The van der Waals surface area contributed by atoms with Gasteiger partial charge in [0.2, 0.25) is 5.91 Å². The Hall–Kier alpha value is -1.64. The van der Waals surface area contributed by atoms with Gasteiger partial charge in [-0.3, -0.25) is 9.59 Å². The fourth-order valence-corrected chi connectivity index (χ4v) is 3.14. The molecule has 0 atom stereocenters. The van der Waals surface area contributed by atoms with Crippen LogP contribution < -0.4 is 5.32 Å². The number of ketones is 1. The third-order valence-electron chi connectivity index (χ3n) is 4.87. The predicted octanol–water partition coefficient (Wildman–Crippen LogP) is 3.93. The van der Waals surface area contributed by atoms with Gasteiger partial charge in [-0.15, -0.1) is 0 Å². The smallest absolute Gasteiger partial charge is 0.219 e. The lowest BCUT2D eigenvalue weighted by molar-refractivity contribution is -0.120. The summed E-state index contributed by atoms with van der Waals surface area (Å²) in [5.74, 6) is 0.212. The van der Waals surface area contributed by atoms with E-state index in [1.54, 1.807) is 0 Å². The van der Waals surface area contributed by atoms with E-state index < -0.39 is 0 Å². The summed E-state index contributed by atoms with van der Waals surface area (Å²) in [7, 11) is 0. The zero-order chi connectivity index (χ0) is 16.2. The number of Topliss-reactive ketones (excluding diaryl/α,β-unsaturated/α-hetero) is 1. The van der Waals surface area contributed by atoms with Crippen LogP contribution in [-0.4, -0.2) is 18.2 Å². The summed E-state index contributed by atoms with van der Waals surface area (Å²) in [5.41, 5.74) is 3.84. The summed E-state index contributed by atoms with van der Waals surface area (Å²) >= 11 is 0. The molecule has 1 aliphatic carbocycles. The van der Waals surface area contributed by atoms with Crippen molar-refractivity contribution in [3.05, 3.63) is 34.9 Å². The van der Waals surface area contributed by atoms with E-state index in [-0.39, 0.29) is 11.7 Å². The van der Waals surface area contributed by atoms with Gasteiger partial charge >= 0.3 is 0 Å². The van der Waals surface area contributed by atoms with Crippen molar-refractivity contribution in [3.8, 4) is 0 Å². The molecule has 1 N–H and O–H groups in total. The van der Waals surface area contributed by atoms with Crippen molar-refractivity contribution in [3.63, 3.8) is 0 Å². The van der Waals surface area contributed by atoms with Crippen molar-refractivity contribution >= 4 is 11.7 Å². The SMILES string of the molecule is CCC(=O)NCCCC(=O)c1ccc(C2(CC)CC2)c(C)c1. The Kier molecular flexibility index (Phi) is 5.38. The highest BCUT2D eigenvalue weighted by Crippen LogP contribution is 2.51. The van der Waals surface area contributed by atoms with Crippen LogP contribution in [0.5, 0.6) is 0 Å². The van der Waals surface area contributed by atoms with Gasteiger partial charge in [0.1, 0.15) is 0 Å². The first-order valence-electron chi connectivity index (χ1n) is 8.43. The summed E-state index contributed by atoms with van der Waals surface area (Å²) in [6.07, 6.45) is 5.40. The quantitative estimate of drug-likeness (QED) is 0.584. The lowest BCUT2D eigenvalue weighted by Crippen LogP contribution is -2.23. The van der Waals surface area contributed by atoms with E-state index in [0.29, 0.717) is 31.2 Å². The Balaban J connectivity index is 1.91. The van der Waals surface area contributed by atoms with Gasteiger partial charge in [-0.1, -0.05) is 26.0 Å². The zero-order valence-corrected chi connectivity index (χ0v) is 14.0. The number of amides is 1. The molecule has 1 aromatic rings. The van der Waals surface area contributed by atoms with Gasteiger partial charge in [-0.05, 0) is 55.2 Å². The monoisotopic (exact) mass is 301 g/mol. The van der Waals surface area contributed by atoms with Crippen molar-refractivity contribution in [2.45, 2.75) is 64.7 Å². The van der Waals surface area contributed by atoms with Crippen molar-refractivity contribution in [1.82, 2.24) is 5.32 Å². The van der Waals surface area contributed by atoms with Gasteiger partial charge in [0.25, 0.3) is 0 Å². The molecule has 2 rings (SSSR count). The van der Waals surface area contributed by atoms with E-state index in [4.69, 9.17) is 0 Å². The van der Waals surface area contributed by atoms with Gasteiger partial charge in [0.05, 0.1) is 0 Å². The van der Waals surface area contributed by atoms with E-state index in [2.05, 4.69) is 25.2 Å². The number of carbonyl (C=O) groups is 2. The van der Waals surface area contributed by atoms with E-state index in [0.717, 1.165) is 5.56 Å². The van der Waals surface area contributed by atoms with E-state index >= 15 is 0 Å². The van der Waals surface area contributed by atoms with Gasteiger partial charge in [0.15, 0.2) is 5.78 Å². The second kappa shape index (κ2) is 7.08. The van der Waals surface area contributed by atoms with Gasteiger partial charge in [0, 0.05) is 24.9 Å². The minimum Gasteiger partial charge on any atom is -0.356 e. The van der Waals surface area contributed by atoms with Crippen LogP contribution in [0.3, 0.4) is 0 Å². The molecular formula is C19H27NO2. The summed E-state index contributed by atoms with van der Waals surface area (Å²) in [5, 5.41) is 2.80. The van der Waals surface area contributed by atoms with Crippen LogP contribution in [-0.2, 0) is 10.2 Å². The van der Waals surface area contributed by atoms with Gasteiger partial charge in [-0.2, -0.15) is 0 Å². The van der Waals surface area contributed by atoms with Gasteiger partial charge in [-0.25, -0.2) is 0 Å². The first-order chi connectivity index (χ1) is 10.5. The number of hydrogen-bond donors (Lipinski definition) is 1. The zero-order valence-electron chi connectivity index (χ0n) is 14.0. The first-order valence-corrected chi connectivity index (χ1v) is 8.43. The number of nitrogens with one attached hydrogen (secondary N) is 1. The van der Waals surface area contributed by atoms with Gasteiger partial charge < -0.3 is 5.32 Å². The Morgan fingerprint density at radius 3 is 2.50 bits per heavy atom. The summed E-state index contributed by atoms with van der Waals surface area (Å²) in [6.45, 7) is 6.77. The largest absolute Gasteiger partial charge is 0.356 e. The van der Waals surface area contributed by atoms with Crippen LogP contribution in [0.25, 0.3) is 0 Å². The predicted molar refractivity (Wildman–Crippen MR) is 89.2 cm³/mol. The Morgan fingerprint density at radius 1 is 1.23 bits per heavy atom. The Morgan fingerprint density at radius 2 is 1.95 bits per heavy atom. The van der Waals surface area contributed by atoms with E-state index in [1.165, 1.54) is 30.4 Å². The minimum atomic E-state index is 0.0435. The number of benzene rings is 1. The Bertz CT molecular complexity index is 559. The first kappa shape index (κ1) is 16.7. The molecule has 0 bridgehead atoms. The average Bonchev–Trinajstić information content (AvgIpc) is 3.31. The second-order valence-corrected chi connectivity index (χ2v) is 6.39. The van der Waals surface area contributed by atoms with Crippen LogP contribution in [0.15, 0.2) is 18.2 Å². The van der Waals surface area contributed by atoms with E-state index in [1.807, 2.05) is 19.1 Å². The van der Waals surface area contributed by atoms with Crippen LogP contribution in [0.1, 0.15) is 73.9 Å². The molecule has 1 aromatic carbocycles. The molecule has 0 aromatic heterocycles. The van der Waals surface area contributed by atoms with Crippen molar-refractivity contribution in [2.24, 2.45) is 0 Å². The highest BCUT2D eigenvalue weighted by molar-refractivity contribution is 5.96. The molecule has 0 saturated heterocycles. The highest BCUT2D eigenvalue weighted by Gasteiger charge is 2.43. The van der Waals surface area contributed by atoms with Crippen molar-refractivity contribution in [2.75, 3.05) is 6.54 Å². The summed E-state index contributed by atoms with van der Waals surface area (Å²) < 4.78 is 0. The number of carbonyl (C=O) groups excluding carboxylic acids is 2. The molecule has 22 heavy (non-hydrogen) atoms. The van der Waals surface area contributed by atoms with Crippen LogP contribution in [0.2, 0.25) is 0 Å². The fourth-order valence-electron chi connectivity index (χ4n) is 3.14. The summed E-state index contributed by atoms with van der Waals surface area (Å²) in [6, 6.07) is 6.17. The molecule has 120 valence electrons. The van der Waals surface area contributed by atoms with Crippen LogP contribution >= 0.6 is 0 Å². The fraction of sp³-hybridized carbons (Fsp3) is 0.579. The third-order valence-corrected chi connectivity index (χ3v) is 4.87. The number of aryl methyl sites for hydroxylation is 1. The number of rotatable bonds is 8. The molecule has 3 heteroatoms. The lowest BCUT2D eigenvalue weighted by Gasteiger charge is -2.17. The molecule has 1 saturated carbocycles. The third kappa shape index (κ3) is 3.76. The maximum atomic E-state index is 12.2. The van der Waals surface area contributed by atoms with E-state index in [9.17, 15) is 9.59 Å². The molecular weight excluding hydrogens is 274 g/mol. The maximum absolute atomic E-state index is 12.2. The minimum absolute atomic E-state index is 0.0435. The number of hydrogen-bond acceptors (Lipinski definition) is 2. The van der Waals surface area contributed by atoms with Crippen molar-refractivity contribution in [1.29, 1.82) is 0 Å². The summed E-state index contributed by atoms with van der Waals surface area (Å²) in [4.78, 5) is 23.4. The second-order valence-electron chi connectivity index (χ2n) is 6.39. The normalized spacial score (nSPS) is 15.4. The maximum Gasteiger partial charge on any atom is 0.219 e. The van der Waals surface area contributed by atoms with Crippen LogP contribution in [0.4, 0.5) is 0 Å². The molecule has 3 nitrogen and oxygen atoms in total. The average molecular weight is 301 g/mol.